The maximum absolute atomic E-state index is 12.4. The monoisotopic (exact) mass is 480 g/mol. The number of fused-ring (bicyclic) bond motifs is 1. The van der Waals surface area contributed by atoms with Crippen LogP contribution in [0.1, 0.15) is 18.0 Å². The molecule has 164 valence electrons. The van der Waals surface area contributed by atoms with Crippen molar-refractivity contribution in [2.45, 2.75) is 12.5 Å². The van der Waals surface area contributed by atoms with E-state index in [0.717, 1.165) is 22.8 Å². The van der Waals surface area contributed by atoms with Gasteiger partial charge in [-0.05, 0) is 42.0 Å². The summed E-state index contributed by atoms with van der Waals surface area (Å²) in [5.74, 6) is -0.274. The lowest BCUT2D eigenvalue weighted by molar-refractivity contribution is -0.121. The summed E-state index contributed by atoms with van der Waals surface area (Å²) in [5, 5.41) is 8.15. The largest absolute Gasteiger partial charge is 0.383 e. The van der Waals surface area contributed by atoms with Crippen LogP contribution in [0.3, 0.4) is 0 Å². The third-order valence-electron chi connectivity index (χ3n) is 4.49. The fraction of sp³-hybridized carbons (Fsp3) is 0.238. The molecule has 3 N–H and O–H groups in total. The van der Waals surface area contributed by atoms with E-state index in [2.05, 4.69) is 20.3 Å². The van der Waals surface area contributed by atoms with E-state index in [1.807, 2.05) is 12.1 Å². The number of benzene rings is 2. The van der Waals surface area contributed by atoms with Crippen LogP contribution >= 0.6 is 23.2 Å². The Kier molecular flexibility index (Phi) is 7.72. The number of anilines is 1. The van der Waals surface area contributed by atoms with E-state index in [4.69, 9.17) is 23.2 Å². The van der Waals surface area contributed by atoms with E-state index >= 15 is 0 Å². The highest BCUT2D eigenvalue weighted by Gasteiger charge is 2.19. The molecule has 1 heterocycles. The number of nitrogens with one attached hydrogen (secondary N) is 3. The third-order valence-corrected chi connectivity index (χ3v) is 5.69. The lowest BCUT2D eigenvalue weighted by atomic mass is 10.0. The summed E-state index contributed by atoms with van der Waals surface area (Å²) < 4.78 is 25.9. The Labute approximate surface area is 191 Å². The maximum Gasteiger partial charge on any atom is 0.222 e. The van der Waals surface area contributed by atoms with Crippen molar-refractivity contribution in [2.24, 2.45) is 0 Å². The molecule has 0 aliphatic rings. The van der Waals surface area contributed by atoms with Crippen LogP contribution in [0.4, 0.5) is 5.69 Å². The molecule has 0 fully saturated rings. The molecule has 0 radical (unpaired) electrons. The molecule has 1 aromatic heterocycles. The van der Waals surface area contributed by atoms with Gasteiger partial charge in [0, 0.05) is 46.8 Å². The number of hydrogen-bond acceptors (Lipinski definition) is 5. The number of rotatable bonds is 9. The van der Waals surface area contributed by atoms with Gasteiger partial charge >= 0.3 is 0 Å². The summed E-state index contributed by atoms with van der Waals surface area (Å²) in [4.78, 5) is 16.7. The zero-order chi connectivity index (χ0) is 22.4. The molecule has 0 saturated carbocycles. The summed E-state index contributed by atoms with van der Waals surface area (Å²) in [6.45, 7) is 0.848. The molecule has 0 aliphatic carbocycles. The second-order valence-electron chi connectivity index (χ2n) is 6.99. The van der Waals surface area contributed by atoms with Gasteiger partial charge in [-0.25, -0.2) is 13.1 Å². The Morgan fingerprint density at radius 1 is 1.03 bits per heavy atom. The number of sulfonamides is 1. The van der Waals surface area contributed by atoms with E-state index in [-0.39, 0.29) is 12.3 Å². The predicted molar refractivity (Wildman–Crippen MR) is 125 cm³/mol. The average Bonchev–Trinajstić information content (AvgIpc) is 2.70. The number of hydrogen-bond donors (Lipinski definition) is 3. The fourth-order valence-electron chi connectivity index (χ4n) is 3.11. The molecular formula is C21H22Cl2N4O3S. The van der Waals surface area contributed by atoms with Crippen LogP contribution in [-0.4, -0.2) is 38.7 Å². The molecule has 31 heavy (non-hydrogen) atoms. The second kappa shape index (κ2) is 10.3. The minimum absolute atomic E-state index is 0.0363. The van der Waals surface area contributed by atoms with Crippen molar-refractivity contribution in [3.05, 3.63) is 70.3 Å². The number of amides is 1. The molecule has 2 aromatic carbocycles. The van der Waals surface area contributed by atoms with Crippen molar-refractivity contribution < 1.29 is 13.2 Å². The summed E-state index contributed by atoms with van der Waals surface area (Å²) in [5.41, 5.74) is 2.32. The van der Waals surface area contributed by atoms with Crippen LogP contribution in [0.2, 0.25) is 10.0 Å². The molecule has 0 bridgehead atoms. The van der Waals surface area contributed by atoms with Gasteiger partial charge < -0.3 is 10.6 Å². The van der Waals surface area contributed by atoms with Gasteiger partial charge in [0.2, 0.25) is 15.9 Å². The van der Waals surface area contributed by atoms with Gasteiger partial charge in [0.05, 0.1) is 17.8 Å². The highest BCUT2D eigenvalue weighted by molar-refractivity contribution is 7.88. The molecule has 0 unspecified atom stereocenters. The van der Waals surface area contributed by atoms with Gasteiger partial charge in [-0.15, -0.1) is 0 Å². The zero-order valence-corrected chi connectivity index (χ0v) is 19.1. The Bertz CT molecular complexity index is 1170. The van der Waals surface area contributed by atoms with Crippen molar-refractivity contribution in [1.29, 1.82) is 0 Å². The first-order chi connectivity index (χ1) is 14.7. The number of pyridine rings is 1. The number of carbonyl (C=O) groups is 1. The number of aromatic nitrogens is 1. The van der Waals surface area contributed by atoms with Crippen LogP contribution in [0.25, 0.3) is 10.9 Å². The van der Waals surface area contributed by atoms with Gasteiger partial charge in [0.15, 0.2) is 0 Å². The van der Waals surface area contributed by atoms with E-state index in [1.165, 1.54) is 0 Å². The lowest BCUT2D eigenvalue weighted by Gasteiger charge is -2.18. The van der Waals surface area contributed by atoms with Crippen LogP contribution in [0.5, 0.6) is 0 Å². The summed E-state index contributed by atoms with van der Waals surface area (Å²) in [7, 11) is -3.50. The van der Waals surface area contributed by atoms with Crippen LogP contribution < -0.4 is 15.4 Å². The quantitative estimate of drug-likeness (QED) is 0.405. The van der Waals surface area contributed by atoms with E-state index in [0.29, 0.717) is 28.7 Å². The standard InChI is InChI=1S/C21H22Cl2N4O3S/c1-31(29,30)27-19(14-2-4-15(22)5-3-14)13-21(28)26-11-10-25-18-8-9-24-20-12-16(23)6-7-17(18)20/h2-9,12,19,27H,10-11,13H2,1H3,(H,24,25)(H,26,28)/t19-/m0/s1. The zero-order valence-electron chi connectivity index (χ0n) is 16.7. The number of carbonyl (C=O) groups excluding carboxylic acids is 1. The van der Waals surface area contributed by atoms with Gasteiger partial charge in [0.25, 0.3) is 0 Å². The highest BCUT2D eigenvalue weighted by atomic mass is 35.5. The first-order valence-corrected chi connectivity index (χ1v) is 12.1. The van der Waals surface area contributed by atoms with Crippen molar-refractivity contribution in [2.75, 3.05) is 24.7 Å². The highest BCUT2D eigenvalue weighted by Crippen LogP contribution is 2.24. The third kappa shape index (κ3) is 7.07. The molecule has 3 aromatic rings. The summed E-state index contributed by atoms with van der Waals surface area (Å²) in [6, 6.07) is 13.3. The first kappa shape index (κ1) is 23.3. The Balaban J connectivity index is 1.56. The van der Waals surface area contributed by atoms with Gasteiger partial charge in [-0.2, -0.15) is 0 Å². The minimum Gasteiger partial charge on any atom is -0.383 e. The number of halogens is 2. The smallest absolute Gasteiger partial charge is 0.222 e. The normalized spacial score (nSPS) is 12.5. The molecule has 1 amide bonds. The van der Waals surface area contributed by atoms with Gasteiger partial charge in [0.1, 0.15) is 0 Å². The minimum atomic E-state index is -3.50. The maximum atomic E-state index is 12.4. The van der Waals surface area contributed by atoms with Crippen molar-refractivity contribution >= 4 is 55.7 Å². The molecule has 0 saturated heterocycles. The molecule has 0 spiro atoms. The van der Waals surface area contributed by atoms with E-state index < -0.39 is 16.1 Å². The van der Waals surface area contributed by atoms with E-state index in [1.54, 1.807) is 42.6 Å². The fourth-order valence-corrected chi connectivity index (χ4v) is 4.14. The second-order valence-corrected chi connectivity index (χ2v) is 9.65. The SMILES string of the molecule is CS(=O)(=O)N[C@@H](CC(=O)NCCNc1ccnc2cc(Cl)ccc12)c1ccc(Cl)cc1. The predicted octanol–water partition coefficient (Wildman–Crippen LogP) is 3.75. The van der Waals surface area contributed by atoms with E-state index in [9.17, 15) is 13.2 Å². The lowest BCUT2D eigenvalue weighted by Crippen LogP contribution is -2.35. The van der Waals surface area contributed by atoms with Crippen LogP contribution in [0, 0.1) is 0 Å². The van der Waals surface area contributed by atoms with Crippen LogP contribution in [0.15, 0.2) is 54.7 Å². The van der Waals surface area contributed by atoms with Crippen molar-refractivity contribution in [3.63, 3.8) is 0 Å². The molecule has 3 rings (SSSR count). The average molecular weight is 481 g/mol. The summed E-state index contributed by atoms with van der Waals surface area (Å²) in [6.07, 6.45) is 2.71. The Morgan fingerprint density at radius 3 is 2.45 bits per heavy atom. The molecule has 10 heteroatoms. The van der Waals surface area contributed by atoms with Crippen LogP contribution in [-0.2, 0) is 14.8 Å². The molecule has 7 nitrogen and oxygen atoms in total. The van der Waals surface area contributed by atoms with Crippen molar-refractivity contribution in [1.82, 2.24) is 15.0 Å². The topological polar surface area (TPSA) is 100 Å². The summed E-state index contributed by atoms with van der Waals surface area (Å²) >= 11 is 11.9. The molecule has 0 aliphatic heterocycles. The Hall–Kier alpha value is -2.39. The Morgan fingerprint density at radius 2 is 1.74 bits per heavy atom. The number of nitrogens with zero attached hydrogens (tertiary/aromatic N) is 1. The molecular weight excluding hydrogens is 459 g/mol. The first-order valence-electron chi connectivity index (χ1n) is 9.49. The van der Waals surface area contributed by atoms with Gasteiger partial charge in [-0.3, -0.25) is 9.78 Å². The van der Waals surface area contributed by atoms with Crippen molar-refractivity contribution in [3.8, 4) is 0 Å². The van der Waals surface area contributed by atoms with Gasteiger partial charge in [-0.1, -0.05) is 35.3 Å². The molecule has 1 atom stereocenters.